The molecule has 27 heavy (non-hydrogen) atoms. The normalized spacial score (nSPS) is 10.7. The van der Waals surface area contributed by atoms with Crippen LogP contribution < -0.4 is 5.32 Å². The molecule has 0 fully saturated rings. The van der Waals surface area contributed by atoms with Gasteiger partial charge in [-0.3, -0.25) is 14.8 Å². The van der Waals surface area contributed by atoms with Gasteiger partial charge >= 0.3 is 0 Å². The van der Waals surface area contributed by atoms with Crippen molar-refractivity contribution in [3.8, 4) is 11.4 Å². The molecule has 0 radical (unpaired) electrons. The third kappa shape index (κ3) is 3.37. The molecule has 1 amide bonds. The fourth-order valence-electron chi connectivity index (χ4n) is 2.87. The quantitative estimate of drug-likeness (QED) is 0.553. The zero-order chi connectivity index (χ0) is 18.8. The number of anilines is 1. The van der Waals surface area contributed by atoms with Gasteiger partial charge < -0.3 is 5.32 Å². The largest absolute Gasteiger partial charge is 0.322 e. The topological polar surface area (TPSA) is 67.8 Å². The van der Waals surface area contributed by atoms with Crippen molar-refractivity contribution >= 4 is 34.1 Å². The summed E-state index contributed by atoms with van der Waals surface area (Å²) in [7, 11) is 0. The molecule has 6 heteroatoms. The molecule has 132 valence electrons. The second-order valence-corrected chi connectivity index (χ2v) is 6.44. The van der Waals surface area contributed by atoms with Crippen LogP contribution >= 0.6 is 11.6 Å². The highest BCUT2D eigenvalue weighted by atomic mass is 35.5. The molecule has 0 aliphatic heterocycles. The van der Waals surface area contributed by atoms with Crippen LogP contribution in [-0.4, -0.2) is 20.9 Å². The summed E-state index contributed by atoms with van der Waals surface area (Å²) < 4.78 is 0. The molecule has 0 aliphatic rings. The van der Waals surface area contributed by atoms with Gasteiger partial charge in [-0.05, 0) is 48.9 Å². The van der Waals surface area contributed by atoms with Crippen molar-refractivity contribution in [2.24, 2.45) is 0 Å². The minimum Gasteiger partial charge on any atom is -0.322 e. The van der Waals surface area contributed by atoms with Gasteiger partial charge in [0.05, 0.1) is 22.5 Å². The molecule has 1 N–H and O–H groups in total. The minimum absolute atomic E-state index is 0.229. The Morgan fingerprint density at radius 2 is 1.81 bits per heavy atom. The fourth-order valence-corrected chi connectivity index (χ4v) is 3.02. The Morgan fingerprint density at radius 1 is 1.00 bits per heavy atom. The van der Waals surface area contributed by atoms with Gasteiger partial charge in [-0.2, -0.15) is 0 Å². The number of fused-ring (bicyclic) bond motifs is 1. The molecular weight excluding hydrogens is 360 g/mol. The maximum absolute atomic E-state index is 13.0. The summed E-state index contributed by atoms with van der Waals surface area (Å²) in [6, 6.07) is 14.4. The highest BCUT2D eigenvalue weighted by Gasteiger charge is 2.17. The van der Waals surface area contributed by atoms with Gasteiger partial charge in [-0.25, -0.2) is 4.98 Å². The fraction of sp³-hybridized carbons (Fsp3) is 0.0476. The summed E-state index contributed by atoms with van der Waals surface area (Å²) in [5.41, 5.74) is 4.00. The van der Waals surface area contributed by atoms with E-state index in [9.17, 15) is 4.79 Å². The molecule has 0 saturated heterocycles. The molecule has 4 aromatic rings. The number of halogens is 1. The second kappa shape index (κ2) is 7.13. The van der Waals surface area contributed by atoms with Gasteiger partial charge in [-0.15, -0.1) is 0 Å². The van der Waals surface area contributed by atoms with Gasteiger partial charge in [0, 0.05) is 34.7 Å². The first-order chi connectivity index (χ1) is 13.1. The van der Waals surface area contributed by atoms with Crippen molar-refractivity contribution in [3.05, 3.63) is 83.3 Å². The summed E-state index contributed by atoms with van der Waals surface area (Å²) in [5, 5.41) is 4.25. The summed E-state index contributed by atoms with van der Waals surface area (Å²) in [5.74, 6) is -0.229. The number of carbonyl (C=O) groups excluding carboxylic acids is 1. The van der Waals surface area contributed by atoms with Crippen LogP contribution in [0.1, 0.15) is 15.9 Å². The third-order valence-corrected chi connectivity index (χ3v) is 4.69. The first-order valence-electron chi connectivity index (χ1n) is 8.36. The van der Waals surface area contributed by atoms with Gasteiger partial charge in [0.15, 0.2) is 0 Å². The van der Waals surface area contributed by atoms with Crippen LogP contribution in [0.15, 0.2) is 67.1 Å². The summed E-state index contributed by atoms with van der Waals surface area (Å²) >= 11 is 6.28. The number of hydrogen-bond donors (Lipinski definition) is 1. The monoisotopic (exact) mass is 374 g/mol. The molecule has 4 rings (SSSR count). The molecular formula is C21H15ClN4O. The Labute approximate surface area is 161 Å². The van der Waals surface area contributed by atoms with Crippen LogP contribution in [0, 0.1) is 6.92 Å². The lowest BCUT2D eigenvalue weighted by Gasteiger charge is -2.12. The Bertz CT molecular complexity index is 1130. The molecule has 1 aromatic carbocycles. The molecule has 0 bridgehead atoms. The van der Waals surface area contributed by atoms with E-state index in [0.29, 0.717) is 33.2 Å². The highest BCUT2D eigenvalue weighted by molar-refractivity contribution is 6.32. The molecule has 0 unspecified atom stereocenters. The van der Waals surface area contributed by atoms with E-state index in [1.807, 2.05) is 31.2 Å². The average molecular weight is 375 g/mol. The molecule has 0 saturated carbocycles. The Hall–Kier alpha value is -3.31. The number of hydrogen-bond acceptors (Lipinski definition) is 4. The molecule has 0 spiro atoms. The predicted molar refractivity (Wildman–Crippen MR) is 107 cm³/mol. The van der Waals surface area contributed by atoms with E-state index < -0.39 is 0 Å². The van der Waals surface area contributed by atoms with Crippen LogP contribution in [0.25, 0.3) is 22.3 Å². The Balaban J connectivity index is 1.90. The second-order valence-electron chi connectivity index (χ2n) is 6.03. The number of carbonyl (C=O) groups is 1. The number of rotatable bonds is 3. The third-order valence-electron chi connectivity index (χ3n) is 4.28. The summed E-state index contributed by atoms with van der Waals surface area (Å²) in [6.45, 7) is 1.89. The Morgan fingerprint density at radius 3 is 2.56 bits per heavy atom. The van der Waals surface area contributed by atoms with E-state index in [2.05, 4.69) is 15.3 Å². The smallest absolute Gasteiger partial charge is 0.256 e. The number of nitrogens with zero attached hydrogens (tertiary/aromatic N) is 3. The number of aryl methyl sites for hydroxylation is 1. The zero-order valence-corrected chi connectivity index (χ0v) is 15.2. The van der Waals surface area contributed by atoms with Gasteiger partial charge in [-0.1, -0.05) is 23.7 Å². The van der Waals surface area contributed by atoms with E-state index in [1.165, 1.54) is 0 Å². The van der Waals surface area contributed by atoms with Crippen LogP contribution in [0.4, 0.5) is 5.69 Å². The van der Waals surface area contributed by atoms with Crippen LogP contribution in [0.5, 0.6) is 0 Å². The van der Waals surface area contributed by atoms with Crippen molar-refractivity contribution in [2.45, 2.75) is 6.92 Å². The predicted octanol–water partition coefficient (Wildman–Crippen LogP) is 4.91. The lowest BCUT2D eigenvalue weighted by atomic mass is 10.0. The van der Waals surface area contributed by atoms with Crippen molar-refractivity contribution in [3.63, 3.8) is 0 Å². The molecule has 3 heterocycles. The lowest BCUT2D eigenvalue weighted by molar-refractivity contribution is 0.102. The molecule has 0 atom stereocenters. The number of nitrogens with one attached hydrogen (secondary N) is 1. The lowest BCUT2D eigenvalue weighted by Crippen LogP contribution is -2.13. The van der Waals surface area contributed by atoms with Crippen molar-refractivity contribution < 1.29 is 4.79 Å². The minimum atomic E-state index is -0.229. The maximum Gasteiger partial charge on any atom is 0.256 e. The maximum atomic E-state index is 13.0. The van der Waals surface area contributed by atoms with Crippen molar-refractivity contribution in [1.82, 2.24) is 15.0 Å². The van der Waals surface area contributed by atoms with Gasteiger partial charge in [0.1, 0.15) is 0 Å². The van der Waals surface area contributed by atoms with Crippen LogP contribution in [0.2, 0.25) is 5.02 Å². The summed E-state index contributed by atoms with van der Waals surface area (Å²) in [4.78, 5) is 26.0. The van der Waals surface area contributed by atoms with E-state index in [1.54, 1.807) is 42.9 Å². The van der Waals surface area contributed by atoms with E-state index in [-0.39, 0.29) is 5.91 Å². The van der Waals surface area contributed by atoms with E-state index in [0.717, 1.165) is 10.9 Å². The first-order valence-corrected chi connectivity index (χ1v) is 8.74. The zero-order valence-electron chi connectivity index (χ0n) is 14.5. The summed E-state index contributed by atoms with van der Waals surface area (Å²) in [6.07, 6.45) is 4.95. The number of amides is 1. The van der Waals surface area contributed by atoms with Gasteiger partial charge in [0.25, 0.3) is 5.91 Å². The highest BCUT2D eigenvalue weighted by Crippen LogP contribution is 2.30. The number of aromatic nitrogens is 3. The average Bonchev–Trinajstić information content (AvgIpc) is 2.71. The van der Waals surface area contributed by atoms with Crippen LogP contribution in [-0.2, 0) is 0 Å². The van der Waals surface area contributed by atoms with Crippen molar-refractivity contribution in [1.29, 1.82) is 0 Å². The first kappa shape index (κ1) is 17.1. The SMILES string of the molecule is Cc1c(Cl)ccc2c(C(=O)Nc3ccncc3)cc(-c3ccccn3)nc12. The molecule has 3 aromatic heterocycles. The van der Waals surface area contributed by atoms with Crippen molar-refractivity contribution in [2.75, 3.05) is 5.32 Å². The standard InChI is InChI=1S/C21H15ClN4O/c1-13-17(22)6-5-15-16(21(27)25-14-7-10-23-11-8-14)12-19(26-20(13)15)18-4-2-3-9-24-18/h2-12H,1H3,(H,23,25,27). The number of benzene rings is 1. The van der Waals surface area contributed by atoms with Gasteiger partial charge in [0.2, 0.25) is 0 Å². The molecule has 0 aliphatic carbocycles. The number of pyridine rings is 3. The molecule has 5 nitrogen and oxygen atoms in total. The van der Waals surface area contributed by atoms with E-state index >= 15 is 0 Å². The Kier molecular flexibility index (Phi) is 4.52. The van der Waals surface area contributed by atoms with Crippen LogP contribution in [0.3, 0.4) is 0 Å². The van der Waals surface area contributed by atoms with E-state index in [4.69, 9.17) is 16.6 Å².